The van der Waals surface area contributed by atoms with E-state index in [9.17, 15) is 10.2 Å². The number of rotatable bonds is 0. The Morgan fingerprint density at radius 1 is 0.550 bits per heavy atom. The van der Waals surface area contributed by atoms with Gasteiger partial charge in [0.05, 0.1) is 0 Å². The van der Waals surface area contributed by atoms with E-state index in [1.165, 1.54) is 0 Å². The van der Waals surface area contributed by atoms with Gasteiger partial charge < -0.3 is 10.2 Å². The summed E-state index contributed by atoms with van der Waals surface area (Å²) >= 11 is 0. The van der Waals surface area contributed by atoms with Crippen molar-refractivity contribution in [1.29, 1.82) is 0 Å². The van der Waals surface area contributed by atoms with E-state index in [-0.39, 0.29) is 0 Å². The molecule has 4 rings (SSSR count). The van der Waals surface area contributed by atoms with Gasteiger partial charge in [-0.15, -0.1) is 0 Å². The molecule has 3 aromatic carbocycles. The number of benzene rings is 3. The first-order chi connectivity index (χ1) is 9.75. The zero-order chi connectivity index (χ0) is 13.7. The predicted octanol–water partition coefficient (Wildman–Crippen LogP) is 3.32. The summed E-state index contributed by atoms with van der Waals surface area (Å²) in [5.74, 6) is 0. The zero-order valence-corrected chi connectivity index (χ0v) is 10.8. The highest BCUT2D eigenvalue weighted by Gasteiger charge is 2.29. The molecule has 2 heteroatoms. The minimum atomic E-state index is -0.672. The first-order valence-corrected chi connectivity index (χ1v) is 6.73. The number of aliphatic hydroxyl groups excluding tert-OH is 2. The topological polar surface area (TPSA) is 40.5 Å². The van der Waals surface area contributed by atoms with Gasteiger partial charge in [0.1, 0.15) is 12.2 Å². The number of hydrogen-bond donors (Lipinski definition) is 2. The summed E-state index contributed by atoms with van der Waals surface area (Å²) in [4.78, 5) is 0. The minimum Gasteiger partial charge on any atom is -0.384 e. The van der Waals surface area contributed by atoms with Crippen molar-refractivity contribution in [2.75, 3.05) is 0 Å². The Kier molecular flexibility index (Phi) is 2.43. The molecule has 0 heterocycles. The quantitative estimate of drug-likeness (QED) is 0.652. The van der Waals surface area contributed by atoms with E-state index in [0.717, 1.165) is 33.0 Å². The van der Waals surface area contributed by atoms with Gasteiger partial charge in [-0.3, -0.25) is 0 Å². The molecule has 2 atom stereocenters. The predicted molar refractivity (Wildman–Crippen MR) is 78.5 cm³/mol. The summed E-state index contributed by atoms with van der Waals surface area (Å²) in [6, 6.07) is 19.5. The molecule has 0 aromatic heterocycles. The van der Waals surface area contributed by atoms with Gasteiger partial charge in [-0.1, -0.05) is 48.5 Å². The molecule has 3 aromatic rings. The van der Waals surface area contributed by atoms with E-state index < -0.39 is 12.2 Å². The van der Waals surface area contributed by atoms with Crippen LogP contribution in [0.15, 0.2) is 60.7 Å². The molecule has 0 saturated heterocycles. The minimum absolute atomic E-state index is 0.672. The van der Waals surface area contributed by atoms with Gasteiger partial charge in [0.2, 0.25) is 0 Å². The van der Waals surface area contributed by atoms with Gasteiger partial charge in [0.25, 0.3) is 0 Å². The Morgan fingerprint density at radius 3 is 1.40 bits per heavy atom. The molecule has 0 saturated carbocycles. The van der Waals surface area contributed by atoms with Crippen LogP contribution in [0.1, 0.15) is 34.5 Å². The van der Waals surface area contributed by atoms with Crippen LogP contribution < -0.4 is 0 Å². The fraction of sp³-hybridized carbons (Fsp3) is 0.111. The molecule has 1 aliphatic rings. The van der Waals surface area contributed by atoms with Crippen molar-refractivity contribution in [1.82, 2.24) is 0 Å². The Morgan fingerprint density at radius 2 is 0.950 bits per heavy atom. The van der Waals surface area contributed by atoms with Crippen LogP contribution >= 0.6 is 0 Å². The first-order valence-electron chi connectivity index (χ1n) is 6.73. The molecular formula is C18H14O2. The normalized spacial score (nSPS) is 20.5. The molecular weight excluding hydrogens is 248 g/mol. The van der Waals surface area contributed by atoms with E-state index in [1.54, 1.807) is 0 Å². The lowest BCUT2D eigenvalue weighted by molar-refractivity contribution is 0.173. The van der Waals surface area contributed by atoms with Gasteiger partial charge in [-0.25, -0.2) is 0 Å². The van der Waals surface area contributed by atoms with Gasteiger partial charge in [0, 0.05) is 0 Å². The summed E-state index contributed by atoms with van der Waals surface area (Å²) in [6.07, 6.45) is -1.34. The molecule has 0 bridgehead atoms. The van der Waals surface area contributed by atoms with Crippen LogP contribution in [0.25, 0.3) is 10.8 Å². The van der Waals surface area contributed by atoms with Crippen LogP contribution in [0, 0.1) is 0 Å². The molecule has 2 unspecified atom stereocenters. The fourth-order valence-corrected chi connectivity index (χ4v) is 3.09. The smallest absolute Gasteiger partial charge is 0.105 e. The van der Waals surface area contributed by atoms with E-state index in [0.29, 0.717) is 0 Å². The second kappa shape index (κ2) is 4.17. The Bertz CT molecular complexity index is 740. The zero-order valence-electron chi connectivity index (χ0n) is 10.8. The van der Waals surface area contributed by atoms with Crippen molar-refractivity contribution in [3.8, 4) is 0 Å². The highest BCUT2D eigenvalue weighted by atomic mass is 16.3. The molecule has 20 heavy (non-hydrogen) atoms. The number of aliphatic hydroxyl groups is 2. The van der Waals surface area contributed by atoms with Crippen LogP contribution in [0.5, 0.6) is 0 Å². The molecule has 0 aliphatic heterocycles. The van der Waals surface area contributed by atoms with Gasteiger partial charge >= 0.3 is 0 Å². The molecule has 2 N–H and O–H groups in total. The van der Waals surface area contributed by atoms with Gasteiger partial charge in [0.15, 0.2) is 0 Å². The first kappa shape index (κ1) is 11.6. The second-order valence-corrected chi connectivity index (χ2v) is 5.26. The van der Waals surface area contributed by atoms with Crippen molar-refractivity contribution < 1.29 is 10.2 Å². The Hall–Kier alpha value is -2.16. The summed E-state index contributed by atoms with van der Waals surface area (Å²) in [7, 11) is 0. The maximum absolute atomic E-state index is 10.6. The molecule has 2 nitrogen and oxygen atoms in total. The molecule has 0 spiro atoms. The van der Waals surface area contributed by atoms with Crippen LogP contribution in [-0.2, 0) is 0 Å². The third kappa shape index (κ3) is 1.52. The second-order valence-electron chi connectivity index (χ2n) is 5.26. The molecule has 98 valence electrons. The van der Waals surface area contributed by atoms with Gasteiger partial charge in [-0.05, 0) is 45.2 Å². The molecule has 0 amide bonds. The Labute approximate surface area is 116 Å². The van der Waals surface area contributed by atoms with Crippen molar-refractivity contribution in [2.24, 2.45) is 0 Å². The molecule has 0 fully saturated rings. The fourth-order valence-electron chi connectivity index (χ4n) is 3.09. The number of hydrogen-bond acceptors (Lipinski definition) is 2. The Balaban J connectivity index is 2.03. The lowest BCUT2D eigenvalue weighted by Gasteiger charge is -2.29. The van der Waals surface area contributed by atoms with E-state index in [4.69, 9.17) is 0 Å². The van der Waals surface area contributed by atoms with Crippen molar-refractivity contribution in [3.05, 3.63) is 82.9 Å². The van der Waals surface area contributed by atoms with Crippen LogP contribution in [0.3, 0.4) is 0 Å². The van der Waals surface area contributed by atoms with Crippen molar-refractivity contribution in [3.63, 3.8) is 0 Å². The largest absolute Gasteiger partial charge is 0.384 e. The molecule has 0 radical (unpaired) electrons. The third-order valence-electron chi connectivity index (χ3n) is 4.13. The lowest BCUT2D eigenvalue weighted by atomic mass is 9.81. The lowest BCUT2D eigenvalue weighted by Crippen LogP contribution is -2.17. The average Bonchev–Trinajstić information content (AvgIpc) is 2.51. The summed E-state index contributed by atoms with van der Waals surface area (Å²) in [5, 5.41) is 23.3. The highest BCUT2D eigenvalue weighted by molar-refractivity contribution is 5.85. The van der Waals surface area contributed by atoms with Crippen LogP contribution in [0.4, 0.5) is 0 Å². The van der Waals surface area contributed by atoms with Crippen LogP contribution in [-0.4, -0.2) is 10.2 Å². The van der Waals surface area contributed by atoms with Crippen molar-refractivity contribution in [2.45, 2.75) is 12.2 Å². The maximum atomic E-state index is 10.6. The van der Waals surface area contributed by atoms with Gasteiger partial charge in [-0.2, -0.15) is 0 Å². The van der Waals surface area contributed by atoms with Crippen molar-refractivity contribution >= 4 is 10.8 Å². The average molecular weight is 262 g/mol. The van der Waals surface area contributed by atoms with Crippen LogP contribution in [0.2, 0.25) is 0 Å². The van der Waals surface area contributed by atoms with E-state index in [1.807, 2.05) is 60.7 Å². The monoisotopic (exact) mass is 262 g/mol. The SMILES string of the molecule is OC1c2ccccc2C(O)c2cc3ccccc3cc21. The summed E-state index contributed by atoms with van der Waals surface area (Å²) in [5.41, 5.74) is 3.19. The van der Waals surface area contributed by atoms with E-state index in [2.05, 4.69) is 0 Å². The third-order valence-corrected chi connectivity index (χ3v) is 4.13. The van der Waals surface area contributed by atoms with E-state index >= 15 is 0 Å². The maximum Gasteiger partial charge on any atom is 0.105 e. The number of fused-ring (bicyclic) bond motifs is 3. The summed E-state index contributed by atoms with van der Waals surface area (Å²) < 4.78 is 0. The summed E-state index contributed by atoms with van der Waals surface area (Å²) in [6.45, 7) is 0. The standard InChI is InChI=1S/C18H14O2/c19-17-13-7-3-4-8-14(13)18(20)16-10-12-6-2-1-5-11(12)9-15(16)17/h1-10,17-20H. The highest BCUT2D eigenvalue weighted by Crippen LogP contribution is 2.42. The molecule has 1 aliphatic carbocycles.